The molecule has 4 nitrogen and oxygen atoms in total. The Morgan fingerprint density at radius 1 is 0.862 bits per heavy atom. The van der Waals surface area contributed by atoms with Crippen LogP contribution in [0.1, 0.15) is 34.3 Å². The van der Waals surface area contributed by atoms with Crippen LogP contribution in [0.4, 0.5) is 0 Å². The Hall–Kier alpha value is -2.47. The fraction of sp³-hybridized carbons (Fsp3) is 0.250. The van der Waals surface area contributed by atoms with Gasteiger partial charge in [0.2, 0.25) is 10.0 Å². The van der Waals surface area contributed by atoms with Crippen molar-refractivity contribution in [3.05, 3.63) is 107 Å². The van der Waals surface area contributed by atoms with E-state index in [2.05, 4.69) is 5.32 Å². The van der Waals surface area contributed by atoms with Crippen molar-refractivity contribution in [2.75, 3.05) is 14.1 Å². The number of hydrogen-bond donors (Lipinski definition) is 1. The van der Waals surface area contributed by atoms with Gasteiger partial charge in [-0.3, -0.25) is 0 Å². The van der Waals surface area contributed by atoms with Gasteiger partial charge in [-0.1, -0.05) is 90.5 Å². The van der Waals surface area contributed by atoms with Gasteiger partial charge >= 0.3 is 0 Å². The third-order valence-electron chi connectivity index (χ3n) is 5.19. The molecule has 0 aliphatic heterocycles. The van der Waals surface area contributed by atoms with E-state index >= 15 is 0 Å². The van der Waals surface area contributed by atoms with E-state index in [1.54, 1.807) is 7.05 Å². The Kier molecular flexibility index (Phi) is 6.85. The van der Waals surface area contributed by atoms with Crippen LogP contribution in [-0.4, -0.2) is 26.8 Å². The second-order valence-electron chi connectivity index (χ2n) is 7.29. The van der Waals surface area contributed by atoms with E-state index in [-0.39, 0.29) is 17.8 Å². The van der Waals surface area contributed by atoms with Gasteiger partial charge in [0.1, 0.15) is 0 Å². The molecule has 0 saturated heterocycles. The van der Waals surface area contributed by atoms with Gasteiger partial charge in [-0.25, -0.2) is 8.42 Å². The molecule has 1 N–H and O–H groups in total. The van der Waals surface area contributed by atoms with Crippen LogP contribution in [-0.2, 0) is 15.8 Å². The third kappa shape index (κ3) is 5.12. The van der Waals surface area contributed by atoms with Crippen molar-refractivity contribution in [3.63, 3.8) is 0 Å². The summed E-state index contributed by atoms with van der Waals surface area (Å²) < 4.78 is 28.3. The number of benzene rings is 3. The van der Waals surface area contributed by atoms with Gasteiger partial charge in [0, 0.05) is 7.05 Å². The van der Waals surface area contributed by atoms with Gasteiger partial charge in [0.15, 0.2) is 0 Å². The molecule has 2 unspecified atom stereocenters. The predicted octanol–water partition coefficient (Wildman–Crippen LogP) is 4.46. The number of nitrogens with one attached hydrogen (secondary N) is 1. The van der Waals surface area contributed by atoms with E-state index < -0.39 is 10.0 Å². The van der Waals surface area contributed by atoms with E-state index in [1.165, 1.54) is 4.31 Å². The normalized spacial score (nSPS) is 13.9. The van der Waals surface area contributed by atoms with Crippen molar-refractivity contribution in [1.29, 1.82) is 0 Å². The summed E-state index contributed by atoms with van der Waals surface area (Å²) in [6, 6.07) is 26.9. The highest BCUT2D eigenvalue weighted by Gasteiger charge is 2.34. The zero-order valence-electron chi connectivity index (χ0n) is 17.1. The molecule has 0 heterocycles. The minimum Gasteiger partial charge on any atom is -0.311 e. The summed E-state index contributed by atoms with van der Waals surface area (Å²) in [6.45, 7) is 1.97. The summed E-state index contributed by atoms with van der Waals surface area (Å²) in [5.74, 6) is -0.0280. The molecule has 0 aromatic heterocycles. The van der Waals surface area contributed by atoms with E-state index in [0.717, 1.165) is 22.3 Å². The summed E-state index contributed by atoms with van der Waals surface area (Å²) in [5.41, 5.74) is 3.84. The lowest BCUT2D eigenvalue weighted by molar-refractivity contribution is 0.301. The first-order chi connectivity index (χ1) is 13.9. The molecule has 0 radical (unpaired) electrons. The van der Waals surface area contributed by atoms with Crippen LogP contribution < -0.4 is 5.32 Å². The minimum absolute atomic E-state index is 0.0280. The van der Waals surface area contributed by atoms with E-state index in [9.17, 15) is 8.42 Å². The average molecular weight is 409 g/mol. The van der Waals surface area contributed by atoms with Gasteiger partial charge in [0.05, 0.1) is 17.8 Å². The molecule has 152 valence electrons. The lowest BCUT2D eigenvalue weighted by Crippen LogP contribution is -2.39. The molecule has 5 heteroatoms. The quantitative estimate of drug-likeness (QED) is 0.599. The lowest BCUT2D eigenvalue weighted by atomic mass is 9.93. The highest BCUT2D eigenvalue weighted by Crippen LogP contribution is 2.35. The number of hydrogen-bond acceptors (Lipinski definition) is 3. The number of aryl methyl sites for hydroxylation is 1. The summed E-state index contributed by atoms with van der Waals surface area (Å²) in [5, 5.41) is 3.34. The first-order valence-corrected chi connectivity index (χ1v) is 11.3. The van der Waals surface area contributed by atoms with Crippen molar-refractivity contribution in [2.45, 2.75) is 24.8 Å². The van der Waals surface area contributed by atoms with Crippen LogP contribution in [0.25, 0.3) is 0 Å². The average Bonchev–Trinajstić information content (AvgIpc) is 2.72. The highest BCUT2D eigenvalue weighted by molar-refractivity contribution is 7.88. The molecule has 3 rings (SSSR count). The molecule has 2 atom stereocenters. The molecular weight excluding hydrogens is 380 g/mol. The van der Waals surface area contributed by atoms with Crippen molar-refractivity contribution in [1.82, 2.24) is 9.62 Å². The van der Waals surface area contributed by atoms with Crippen LogP contribution >= 0.6 is 0 Å². The standard InChI is InChI=1S/C24H28N2O2S/c1-19-11-10-12-20(17-19)18-29(27,28)26(3)24(22-15-8-5-9-16-22)23(25-2)21-13-6-4-7-14-21/h4-17,23-25H,18H2,1-3H3. The van der Waals surface area contributed by atoms with Crippen LogP contribution in [0.2, 0.25) is 0 Å². The first-order valence-electron chi connectivity index (χ1n) is 9.71. The number of likely N-dealkylation sites (N-methyl/N-ethyl adjacent to an activating group) is 2. The third-order valence-corrected chi connectivity index (χ3v) is 6.99. The maximum atomic E-state index is 13.4. The zero-order valence-corrected chi connectivity index (χ0v) is 17.9. The first kappa shape index (κ1) is 21.2. The molecule has 0 aliphatic carbocycles. The van der Waals surface area contributed by atoms with Crippen LogP contribution in [0.5, 0.6) is 0 Å². The predicted molar refractivity (Wildman–Crippen MR) is 119 cm³/mol. The molecule has 3 aromatic carbocycles. The second kappa shape index (κ2) is 9.35. The Balaban J connectivity index is 2.01. The van der Waals surface area contributed by atoms with Crippen molar-refractivity contribution >= 4 is 10.0 Å². The summed E-state index contributed by atoms with van der Waals surface area (Å²) >= 11 is 0. The van der Waals surface area contributed by atoms with Crippen LogP contribution in [0, 0.1) is 6.92 Å². The Labute approximate surface area is 174 Å². The molecule has 0 amide bonds. The smallest absolute Gasteiger partial charge is 0.218 e. The Morgan fingerprint density at radius 2 is 1.45 bits per heavy atom. The lowest BCUT2D eigenvalue weighted by Gasteiger charge is -2.34. The molecule has 0 bridgehead atoms. The molecule has 0 aliphatic rings. The fourth-order valence-corrected chi connectivity index (χ4v) is 5.11. The molecule has 0 fully saturated rings. The summed E-state index contributed by atoms with van der Waals surface area (Å²) in [6.07, 6.45) is 0. The second-order valence-corrected chi connectivity index (χ2v) is 9.32. The highest BCUT2D eigenvalue weighted by atomic mass is 32.2. The van der Waals surface area contributed by atoms with Crippen molar-refractivity contribution in [3.8, 4) is 0 Å². The summed E-state index contributed by atoms with van der Waals surface area (Å²) in [7, 11) is -0.000907. The minimum atomic E-state index is -3.55. The van der Waals surface area contributed by atoms with E-state index in [1.807, 2.05) is 98.9 Å². The maximum Gasteiger partial charge on any atom is 0.218 e. The van der Waals surface area contributed by atoms with Crippen molar-refractivity contribution < 1.29 is 8.42 Å². The number of nitrogens with zero attached hydrogens (tertiary/aromatic N) is 1. The van der Waals surface area contributed by atoms with Gasteiger partial charge in [-0.15, -0.1) is 0 Å². The number of sulfonamides is 1. The van der Waals surface area contributed by atoms with Gasteiger partial charge in [-0.05, 0) is 30.7 Å². The Bertz CT molecular complexity index is 1020. The largest absolute Gasteiger partial charge is 0.311 e. The Morgan fingerprint density at radius 3 is 2.00 bits per heavy atom. The van der Waals surface area contributed by atoms with Gasteiger partial charge in [-0.2, -0.15) is 4.31 Å². The summed E-state index contributed by atoms with van der Waals surface area (Å²) in [4.78, 5) is 0. The van der Waals surface area contributed by atoms with E-state index in [4.69, 9.17) is 0 Å². The van der Waals surface area contributed by atoms with Gasteiger partial charge < -0.3 is 5.32 Å². The molecule has 0 saturated carbocycles. The maximum absolute atomic E-state index is 13.4. The van der Waals surface area contributed by atoms with Crippen LogP contribution in [0.3, 0.4) is 0 Å². The topological polar surface area (TPSA) is 49.4 Å². The fourth-order valence-electron chi connectivity index (χ4n) is 3.72. The van der Waals surface area contributed by atoms with Gasteiger partial charge in [0.25, 0.3) is 0 Å². The molecule has 29 heavy (non-hydrogen) atoms. The monoisotopic (exact) mass is 408 g/mol. The van der Waals surface area contributed by atoms with Crippen LogP contribution in [0.15, 0.2) is 84.9 Å². The SMILES string of the molecule is CNC(c1ccccc1)C(c1ccccc1)N(C)S(=O)(=O)Cc1cccc(C)c1. The zero-order chi connectivity index (χ0) is 20.9. The molecule has 0 spiro atoms. The van der Waals surface area contributed by atoms with Crippen molar-refractivity contribution in [2.24, 2.45) is 0 Å². The van der Waals surface area contributed by atoms with E-state index in [0.29, 0.717) is 0 Å². The number of rotatable bonds is 8. The molecular formula is C24H28N2O2S. The molecule has 3 aromatic rings.